The van der Waals surface area contributed by atoms with Crippen LogP contribution in [0.4, 0.5) is 0 Å². The molecule has 0 spiro atoms. The van der Waals surface area contributed by atoms with Crippen molar-refractivity contribution < 1.29 is 9.90 Å². The Balaban J connectivity index is 2.18. The van der Waals surface area contributed by atoms with Crippen molar-refractivity contribution in [3.05, 3.63) is 34.2 Å². The second kappa shape index (κ2) is 4.81. The van der Waals surface area contributed by atoms with Crippen LogP contribution in [0.5, 0.6) is 0 Å². The topological polar surface area (TPSA) is 75.1 Å². The highest BCUT2D eigenvalue weighted by molar-refractivity contribution is 5.92. The number of hydrogen-bond acceptors (Lipinski definition) is 2. The zero-order chi connectivity index (χ0) is 14.3. The monoisotopic (exact) mass is 274 g/mol. The summed E-state index contributed by atoms with van der Waals surface area (Å²) in [6.45, 7) is 2.16. The van der Waals surface area contributed by atoms with Gasteiger partial charge in [0.15, 0.2) is 0 Å². The van der Waals surface area contributed by atoms with E-state index in [1.807, 2.05) is 0 Å². The lowest BCUT2D eigenvalue weighted by Crippen LogP contribution is -2.28. The molecule has 0 amide bonds. The molecule has 106 valence electrons. The molecule has 1 fully saturated rings. The standard InChI is InChI=1S/C15H18N2O3/c1-9-4-2-3-5-12(9)17-13-8-10(14(18)19)6-7-11(13)16-15(17)20/h6-9,12H,2-5H2,1H3,(H,16,20)(H,18,19). The molecule has 1 aliphatic carbocycles. The zero-order valence-corrected chi connectivity index (χ0v) is 11.4. The molecule has 20 heavy (non-hydrogen) atoms. The summed E-state index contributed by atoms with van der Waals surface area (Å²) in [5.74, 6) is -0.530. The number of hydrogen-bond donors (Lipinski definition) is 2. The van der Waals surface area contributed by atoms with E-state index in [0.29, 0.717) is 17.0 Å². The van der Waals surface area contributed by atoms with Crippen LogP contribution in [-0.4, -0.2) is 20.6 Å². The van der Waals surface area contributed by atoms with Crippen LogP contribution in [0, 0.1) is 5.92 Å². The molecule has 0 bridgehead atoms. The molecule has 2 atom stereocenters. The number of carboxylic acid groups (broad SMARTS) is 1. The zero-order valence-electron chi connectivity index (χ0n) is 11.4. The van der Waals surface area contributed by atoms with Gasteiger partial charge in [0.25, 0.3) is 0 Å². The molecule has 2 aromatic rings. The van der Waals surface area contributed by atoms with Gasteiger partial charge in [0.2, 0.25) is 0 Å². The van der Waals surface area contributed by atoms with Gasteiger partial charge in [-0.2, -0.15) is 0 Å². The summed E-state index contributed by atoms with van der Waals surface area (Å²) in [6.07, 6.45) is 4.41. The molecule has 1 saturated carbocycles. The Hall–Kier alpha value is -2.04. The van der Waals surface area contributed by atoms with Crippen LogP contribution in [0.25, 0.3) is 11.0 Å². The number of nitrogens with zero attached hydrogens (tertiary/aromatic N) is 1. The molecule has 2 N–H and O–H groups in total. The van der Waals surface area contributed by atoms with E-state index in [4.69, 9.17) is 5.11 Å². The molecule has 0 aliphatic heterocycles. The van der Waals surface area contributed by atoms with E-state index in [9.17, 15) is 9.59 Å². The van der Waals surface area contributed by atoms with E-state index >= 15 is 0 Å². The minimum absolute atomic E-state index is 0.138. The van der Waals surface area contributed by atoms with Crippen LogP contribution in [0.3, 0.4) is 0 Å². The van der Waals surface area contributed by atoms with Gasteiger partial charge in [0, 0.05) is 6.04 Å². The van der Waals surface area contributed by atoms with Gasteiger partial charge in [-0.25, -0.2) is 9.59 Å². The summed E-state index contributed by atoms with van der Waals surface area (Å²) in [5.41, 5.74) is 1.49. The van der Waals surface area contributed by atoms with Crippen LogP contribution in [0.1, 0.15) is 49.0 Å². The maximum absolute atomic E-state index is 12.2. The molecule has 5 nitrogen and oxygen atoms in total. The number of rotatable bonds is 2. The van der Waals surface area contributed by atoms with E-state index in [2.05, 4.69) is 11.9 Å². The Morgan fingerprint density at radius 3 is 2.80 bits per heavy atom. The van der Waals surface area contributed by atoms with Crippen molar-refractivity contribution in [2.75, 3.05) is 0 Å². The molecule has 0 saturated heterocycles. The van der Waals surface area contributed by atoms with Gasteiger partial charge < -0.3 is 10.1 Å². The average molecular weight is 274 g/mol. The Bertz CT molecular complexity index is 713. The number of nitrogens with one attached hydrogen (secondary N) is 1. The van der Waals surface area contributed by atoms with Crippen molar-refractivity contribution in [1.29, 1.82) is 0 Å². The lowest BCUT2D eigenvalue weighted by atomic mass is 9.85. The predicted molar refractivity (Wildman–Crippen MR) is 76.2 cm³/mol. The number of aromatic amines is 1. The smallest absolute Gasteiger partial charge is 0.335 e. The van der Waals surface area contributed by atoms with E-state index in [1.54, 1.807) is 16.7 Å². The number of imidazole rings is 1. The van der Waals surface area contributed by atoms with Crippen LogP contribution in [0.15, 0.2) is 23.0 Å². The van der Waals surface area contributed by atoms with Crippen molar-refractivity contribution in [2.45, 2.75) is 38.6 Å². The fourth-order valence-electron chi connectivity index (χ4n) is 3.26. The number of aromatic carboxylic acids is 1. The average Bonchev–Trinajstić information content (AvgIpc) is 2.74. The van der Waals surface area contributed by atoms with Crippen molar-refractivity contribution in [3.8, 4) is 0 Å². The largest absolute Gasteiger partial charge is 0.478 e. The maximum Gasteiger partial charge on any atom is 0.335 e. The van der Waals surface area contributed by atoms with Gasteiger partial charge in [0.1, 0.15) is 0 Å². The Labute approximate surface area is 116 Å². The van der Waals surface area contributed by atoms with Crippen molar-refractivity contribution in [3.63, 3.8) is 0 Å². The molecule has 0 radical (unpaired) electrons. The summed E-state index contributed by atoms with van der Waals surface area (Å²) >= 11 is 0. The quantitative estimate of drug-likeness (QED) is 0.884. The Morgan fingerprint density at radius 1 is 1.35 bits per heavy atom. The molecule has 3 rings (SSSR count). The number of fused-ring (bicyclic) bond motifs is 1. The molecule has 1 aromatic heterocycles. The summed E-state index contributed by atoms with van der Waals surface area (Å²) in [5, 5.41) is 9.11. The number of benzene rings is 1. The van der Waals surface area contributed by atoms with Gasteiger partial charge in [-0.1, -0.05) is 19.8 Å². The normalized spacial score (nSPS) is 23.1. The van der Waals surface area contributed by atoms with E-state index < -0.39 is 5.97 Å². The van der Waals surface area contributed by atoms with E-state index in [-0.39, 0.29) is 17.3 Å². The van der Waals surface area contributed by atoms with Crippen molar-refractivity contribution in [1.82, 2.24) is 9.55 Å². The fourth-order valence-corrected chi connectivity index (χ4v) is 3.26. The first-order valence-corrected chi connectivity index (χ1v) is 7.05. The first-order chi connectivity index (χ1) is 9.58. The van der Waals surface area contributed by atoms with E-state index in [1.165, 1.54) is 12.5 Å². The summed E-state index contributed by atoms with van der Waals surface area (Å²) < 4.78 is 1.76. The van der Waals surface area contributed by atoms with Crippen LogP contribution in [0.2, 0.25) is 0 Å². The fraction of sp³-hybridized carbons (Fsp3) is 0.467. The maximum atomic E-state index is 12.2. The molecule has 1 heterocycles. The second-order valence-electron chi connectivity index (χ2n) is 5.67. The third-order valence-electron chi connectivity index (χ3n) is 4.36. The Kier molecular flexibility index (Phi) is 3.12. The van der Waals surface area contributed by atoms with Crippen LogP contribution >= 0.6 is 0 Å². The molecule has 5 heteroatoms. The van der Waals surface area contributed by atoms with Crippen LogP contribution in [-0.2, 0) is 0 Å². The summed E-state index contributed by atoms with van der Waals surface area (Å²) in [7, 11) is 0. The number of aromatic nitrogens is 2. The molecular weight excluding hydrogens is 256 g/mol. The van der Waals surface area contributed by atoms with Crippen molar-refractivity contribution >= 4 is 17.0 Å². The van der Waals surface area contributed by atoms with Gasteiger partial charge in [0.05, 0.1) is 16.6 Å². The van der Waals surface area contributed by atoms with E-state index in [0.717, 1.165) is 19.3 Å². The summed E-state index contributed by atoms with van der Waals surface area (Å²) in [4.78, 5) is 26.2. The van der Waals surface area contributed by atoms with Gasteiger partial charge in [-0.05, 0) is 37.0 Å². The predicted octanol–water partition coefficient (Wildman–Crippen LogP) is 2.78. The third kappa shape index (κ3) is 2.03. The van der Waals surface area contributed by atoms with Gasteiger partial charge in [-0.15, -0.1) is 0 Å². The second-order valence-corrected chi connectivity index (χ2v) is 5.67. The highest BCUT2D eigenvalue weighted by atomic mass is 16.4. The first-order valence-electron chi connectivity index (χ1n) is 7.05. The molecule has 1 aromatic carbocycles. The number of carboxylic acids is 1. The summed E-state index contributed by atoms with van der Waals surface area (Å²) in [6, 6.07) is 4.95. The molecule has 2 unspecified atom stereocenters. The van der Waals surface area contributed by atoms with Crippen molar-refractivity contribution in [2.24, 2.45) is 5.92 Å². The lowest BCUT2D eigenvalue weighted by Gasteiger charge is -2.29. The van der Waals surface area contributed by atoms with Gasteiger partial charge >= 0.3 is 11.7 Å². The third-order valence-corrected chi connectivity index (χ3v) is 4.36. The van der Waals surface area contributed by atoms with Gasteiger partial charge in [-0.3, -0.25) is 4.57 Å². The SMILES string of the molecule is CC1CCCCC1n1c(=O)[nH]c2ccc(C(=O)O)cc21. The molecular formula is C15H18N2O3. The number of carbonyl (C=O) groups is 1. The Morgan fingerprint density at radius 2 is 2.10 bits per heavy atom. The highest BCUT2D eigenvalue weighted by Gasteiger charge is 2.26. The minimum Gasteiger partial charge on any atom is -0.478 e. The highest BCUT2D eigenvalue weighted by Crippen LogP contribution is 2.34. The first kappa shape index (κ1) is 13.0. The molecule has 1 aliphatic rings. The minimum atomic E-state index is -0.969. The van der Waals surface area contributed by atoms with Crippen LogP contribution < -0.4 is 5.69 Å². The number of H-pyrrole nitrogens is 1. The lowest BCUT2D eigenvalue weighted by molar-refractivity contribution is 0.0697.